The third-order valence-electron chi connectivity index (χ3n) is 14.0. The van der Waals surface area contributed by atoms with Gasteiger partial charge in [0.05, 0.1) is 33.5 Å². The van der Waals surface area contributed by atoms with Crippen molar-refractivity contribution in [2.45, 2.75) is 125 Å². The normalized spacial score (nSPS) is 12.6. The summed E-state index contributed by atoms with van der Waals surface area (Å²) in [5, 5.41) is 27.0. The molecule has 372 valence electrons. The number of fused-ring (bicyclic) bond motifs is 3. The van der Waals surface area contributed by atoms with E-state index >= 15 is 8.78 Å². The summed E-state index contributed by atoms with van der Waals surface area (Å²) in [5.41, 5.74) is 9.75. The number of aromatic hydroxyl groups is 2. The second kappa shape index (κ2) is 18.3. The summed E-state index contributed by atoms with van der Waals surface area (Å²) in [6.45, 7) is 30.4. The second-order valence-corrected chi connectivity index (χ2v) is 23.6. The van der Waals surface area contributed by atoms with Gasteiger partial charge in [-0.05, 0) is 145 Å². The van der Waals surface area contributed by atoms with Crippen LogP contribution in [0.15, 0.2) is 109 Å². The van der Waals surface area contributed by atoms with Crippen LogP contribution >= 0.6 is 0 Å². The number of rotatable bonds is 10. The van der Waals surface area contributed by atoms with Gasteiger partial charge in [-0.2, -0.15) is 0 Å². The summed E-state index contributed by atoms with van der Waals surface area (Å²) >= 11 is 0. The smallest absolute Gasteiger partial charge is 0.237 e. The molecule has 8 heteroatoms. The predicted molar refractivity (Wildman–Crippen MR) is 291 cm³/mol. The zero-order valence-corrected chi connectivity index (χ0v) is 44.3. The highest BCUT2D eigenvalue weighted by Gasteiger charge is 2.30. The number of nitrogens with zero attached hydrogens (tertiary/aromatic N) is 2. The zero-order valence-electron chi connectivity index (χ0n) is 44.3. The zero-order chi connectivity index (χ0) is 51.9. The van der Waals surface area contributed by atoms with E-state index in [1.807, 2.05) is 61.1 Å². The molecule has 0 atom stereocenters. The minimum atomic E-state index is -0.434. The molecule has 8 aromatic rings. The third kappa shape index (κ3) is 9.79. The molecule has 2 heterocycles. The Bertz CT molecular complexity index is 3240. The van der Waals surface area contributed by atoms with Crippen LogP contribution in [0.25, 0.3) is 55.4 Å². The molecule has 0 radical (unpaired) electrons. The molecular weight excluding hydrogens is 887 g/mol. The standard InChI is InChI=1S/C63H72F2N2O4/c1-38-28-44(64)36-50(48-30-42(62(9,10)11)34-54(56(48)68)66-24-17-18-25-66)58(38)70(15)26-19-27-71(16)59-39(2)29-45(65)37-51(59)49-31-43(63(12,13)14)35-55(57(49)69)67-52-32-40(60(3,4)5)20-22-46(52)47-23-21-41(33-53(47)67)61(6,7)8/h17-18,20-25,28-37,68-69H,15-16,19,26-27H2,1-14H3. The maximum absolute atomic E-state index is 15.9. The Morgan fingerprint density at radius 3 is 1.25 bits per heavy atom. The number of hydrogen-bond donors (Lipinski definition) is 2. The summed E-state index contributed by atoms with van der Waals surface area (Å²) in [7, 11) is 8.84. The topological polar surface area (TPSA) is 55.7 Å². The fourth-order valence-electron chi connectivity index (χ4n) is 9.83. The van der Waals surface area contributed by atoms with Crippen LogP contribution in [-0.4, -0.2) is 32.6 Å². The Kier molecular flexibility index (Phi) is 13.1. The molecule has 2 aromatic heterocycles. The number of aryl methyl sites for hydroxylation is 2. The Balaban J connectivity index is 1.21. The van der Waals surface area contributed by atoms with E-state index in [2.05, 4.69) is 153 Å². The van der Waals surface area contributed by atoms with Crippen LogP contribution in [0, 0.1) is 39.7 Å². The van der Waals surface area contributed by atoms with E-state index in [0.717, 1.165) is 32.9 Å². The Morgan fingerprint density at radius 1 is 0.479 bits per heavy atom. The molecule has 2 N–H and O–H groups in total. The van der Waals surface area contributed by atoms with Gasteiger partial charge in [0.25, 0.3) is 0 Å². The molecule has 0 amide bonds. The molecule has 0 aliphatic rings. The van der Waals surface area contributed by atoms with Crippen LogP contribution in [0.4, 0.5) is 8.78 Å². The average molecular weight is 959 g/mol. The fourth-order valence-corrected chi connectivity index (χ4v) is 9.83. The lowest BCUT2D eigenvalue weighted by Gasteiger charge is -2.34. The van der Waals surface area contributed by atoms with E-state index in [1.54, 1.807) is 0 Å². The molecule has 0 fully saturated rings. The summed E-state index contributed by atoms with van der Waals surface area (Å²) in [4.78, 5) is 0. The van der Waals surface area contributed by atoms with E-state index in [0.29, 0.717) is 75.9 Å². The van der Waals surface area contributed by atoms with Crippen molar-refractivity contribution in [2.24, 2.45) is 0 Å². The molecule has 0 aliphatic heterocycles. The lowest BCUT2D eigenvalue weighted by Crippen LogP contribution is -2.14. The summed E-state index contributed by atoms with van der Waals surface area (Å²) in [6, 6.07) is 30.9. The SMILES string of the molecule is [CH2-][O+](CCC[O+]([CH2-])c1c(C)cc(F)cc1-c1cc(C(C)(C)C)cc(-n2c3cc(C(C)(C)C)ccc3c3ccc(C(C)(C)C)cc32)c1O)c1c(C)cc(F)cc1-c1cc(C(C)(C)C)cc(-n2cccc2)c1O. The van der Waals surface area contributed by atoms with Gasteiger partial charge in [-0.15, -0.1) is 0 Å². The van der Waals surface area contributed by atoms with Crippen LogP contribution < -0.4 is 0 Å². The van der Waals surface area contributed by atoms with Gasteiger partial charge in [-0.25, -0.2) is 8.78 Å². The van der Waals surface area contributed by atoms with Crippen LogP contribution in [0.2, 0.25) is 0 Å². The summed E-state index contributed by atoms with van der Waals surface area (Å²) in [5.74, 6) is 0.399. The van der Waals surface area contributed by atoms with Gasteiger partial charge in [0.2, 0.25) is 11.5 Å². The molecule has 8 rings (SSSR count). The molecule has 6 nitrogen and oxygen atoms in total. The van der Waals surface area contributed by atoms with Gasteiger partial charge in [-0.1, -0.05) is 107 Å². The minimum Gasteiger partial charge on any atom is -0.711 e. The quantitative estimate of drug-likeness (QED) is 0.106. The number of hydrogen-bond acceptors (Lipinski definition) is 2. The van der Waals surface area contributed by atoms with Gasteiger partial charge in [0.15, 0.2) is 13.2 Å². The summed E-state index contributed by atoms with van der Waals surface area (Å²) < 4.78 is 41.3. The molecule has 0 saturated carbocycles. The van der Waals surface area contributed by atoms with E-state index in [-0.39, 0.29) is 33.2 Å². The van der Waals surface area contributed by atoms with Crippen molar-refractivity contribution in [1.29, 1.82) is 0 Å². The third-order valence-corrected chi connectivity index (χ3v) is 14.0. The van der Waals surface area contributed by atoms with Crippen LogP contribution in [0.1, 0.15) is 123 Å². The highest BCUT2D eigenvalue weighted by Crippen LogP contribution is 2.50. The molecule has 0 aliphatic carbocycles. The van der Waals surface area contributed by atoms with Gasteiger partial charge in [0, 0.05) is 45.4 Å². The van der Waals surface area contributed by atoms with Crippen molar-refractivity contribution in [1.82, 2.24) is 9.13 Å². The average Bonchev–Trinajstić information content (AvgIpc) is 3.91. The largest absolute Gasteiger partial charge is 0.711 e. The lowest BCUT2D eigenvalue weighted by molar-refractivity contribution is -0.0170. The molecular formula is C63H72F2N2O4. The first-order chi connectivity index (χ1) is 33.0. The number of benzene rings is 6. The van der Waals surface area contributed by atoms with E-state index in [4.69, 9.17) is 0 Å². The highest BCUT2D eigenvalue weighted by molar-refractivity contribution is 6.10. The lowest BCUT2D eigenvalue weighted by atomic mass is 9.84. The van der Waals surface area contributed by atoms with Crippen molar-refractivity contribution >= 4 is 21.8 Å². The molecule has 71 heavy (non-hydrogen) atoms. The van der Waals surface area contributed by atoms with Crippen LogP contribution in [0.3, 0.4) is 0 Å². The van der Waals surface area contributed by atoms with Gasteiger partial charge < -0.3 is 28.1 Å². The van der Waals surface area contributed by atoms with Crippen molar-refractivity contribution in [3.63, 3.8) is 0 Å². The number of aromatic nitrogens is 2. The van der Waals surface area contributed by atoms with E-state index < -0.39 is 11.6 Å². The van der Waals surface area contributed by atoms with Gasteiger partial charge >= 0.3 is 0 Å². The molecule has 0 saturated heterocycles. The Hall–Kier alpha value is -6.54. The first-order valence-corrected chi connectivity index (χ1v) is 24.6. The predicted octanol–water partition coefficient (Wildman–Crippen LogP) is 17.6. The first-order valence-electron chi connectivity index (χ1n) is 24.6. The first kappa shape index (κ1) is 50.8. The van der Waals surface area contributed by atoms with E-state index in [1.165, 1.54) is 35.4 Å². The molecule has 0 unspecified atom stereocenters. The monoisotopic (exact) mass is 959 g/mol. The number of phenolic OH excluding ortho intramolecular Hbond substituents is 2. The maximum atomic E-state index is 15.9. The highest BCUT2D eigenvalue weighted by atomic mass is 19.1. The maximum Gasteiger partial charge on any atom is 0.237 e. The minimum absolute atomic E-state index is 0.0249. The number of halogens is 2. The van der Waals surface area contributed by atoms with Crippen molar-refractivity contribution in [3.8, 4) is 56.6 Å². The van der Waals surface area contributed by atoms with Crippen LogP contribution in [-0.2, 0) is 30.4 Å². The van der Waals surface area contributed by atoms with Crippen molar-refractivity contribution in [3.05, 3.63) is 169 Å². The molecule has 0 bridgehead atoms. The Morgan fingerprint density at radius 2 is 0.859 bits per heavy atom. The molecule has 0 spiro atoms. The van der Waals surface area contributed by atoms with Crippen molar-refractivity contribution in [2.75, 3.05) is 13.2 Å². The van der Waals surface area contributed by atoms with Gasteiger partial charge in [0.1, 0.15) is 29.6 Å². The summed E-state index contributed by atoms with van der Waals surface area (Å²) in [6.07, 6.45) is 4.24. The second-order valence-electron chi connectivity index (χ2n) is 23.6. The fraction of sp³-hybridized carbons (Fsp3) is 0.333. The van der Waals surface area contributed by atoms with E-state index in [9.17, 15) is 10.2 Å². The van der Waals surface area contributed by atoms with Gasteiger partial charge in [-0.3, -0.25) is 0 Å². The number of phenols is 2. The van der Waals surface area contributed by atoms with Crippen molar-refractivity contribution < 1.29 is 27.7 Å². The molecule has 6 aromatic carbocycles. The Labute approximate surface area is 420 Å². The van der Waals surface area contributed by atoms with Crippen LogP contribution in [0.5, 0.6) is 23.0 Å².